The Morgan fingerprint density at radius 1 is 1.32 bits per heavy atom. The molecular weight excluding hydrogens is 350 g/mol. The molecular formula is C22H27N5O. The first-order chi connectivity index (χ1) is 13.7. The Morgan fingerprint density at radius 2 is 2.21 bits per heavy atom. The second-order valence-electron chi connectivity index (χ2n) is 7.59. The minimum absolute atomic E-state index is 0.00370. The van der Waals surface area contributed by atoms with Crippen molar-refractivity contribution in [1.82, 2.24) is 25.1 Å². The lowest BCUT2D eigenvalue weighted by atomic mass is 10.1. The number of rotatable bonds is 6. The third-order valence-corrected chi connectivity index (χ3v) is 5.43. The van der Waals surface area contributed by atoms with Gasteiger partial charge in [-0.2, -0.15) is 0 Å². The van der Waals surface area contributed by atoms with E-state index >= 15 is 0 Å². The highest BCUT2D eigenvalue weighted by molar-refractivity contribution is 5.83. The number of hydrogen-bond donors (Lipinski definition) is 2. The molecule has 2 amide bonds. The van der Waals surface area contributed by atoms with Crippen LogP contribution in [0.5, 0.6) is 0 Å². The quantitative estimate of drug-likeness (QED) is 0.694. The van der Waals surface area contributed by atoms with Gasteiger partial charge in [-0.3, -0.25) is 4.98 Å². The molecule has 1 saturated heterocycles. The number of hydrogen-bond acceptors (Lipinski definition) is 3. The lowest BCUT2D eigenvalue weighted by Gasteiger charge is -2.25. The standard InChI is InChI=1S/C22H27N5O/c1-26-11-9-19(16-26)25-22(28)27(15-17-5-4-10-23-13-17)12-8-18-14-24-21-7-3-2-6-20(18)21/h2-7,10,13-14,19,24H,8-9,11-12,15-16H2,1H3,(H,25,28)/t19-/m0/s1. The number of urea groups is 1. The molecule has 28 heavy (non-hydrogen) atoms. The Morgan fingerprint density at radius 3 is 3.00 bits per heavy atom. The van der Waals surface area contributed by atoms with Crippen molar-refractivity contribution in [2.45, 2.75) is 25.4 Å². The second-order valence-corrected chi connectivity index (χ2v) is 7.59. The number of para-hydroxylation sites is 1. The van der Waals surface area contributed by atoms with E-state index in [-0.39, 0.29) is 12.1 Å². The first kappa shape index (κ1) is 18.5. The van der Waals surface area contributed by atoms with Crippen LogP contribution in [-0.2, 0) is 13.0 Å². The molecule has 146 valence electrons. The number of likely N-dealkylation sites (tertiary alicyclic amines) is 1. The lowest BCUT2D eigenvalue weighted by Crippen LogP contribution is -2.46. The minimum atomic E-state index is 0.00370. The zero-order valence-corrected chi connectivity index (χ0v) is 16.3. The van der Waals surface area contributed by atoms with E-state index in [9.17, 15) is 4.79 Å². The molecule has 6 heteroatoms. The average molecular weight is 377 g/mol. The number of amides is 2. The van der Waals surface area contributed by atoms with E-state index in [1.165, 1.54) is 10.9 Å². The fraction of sp³-hybridized carbons (Fsp3) is 0.364. The molecule has 2 aromatic heterocycles. The van der Waals surface area contributed by atoms with Crippen LogP contribution >= 0.6 is 0 Å². The summed E-state index contributed by atoms with van der Waals surface area (Å²) in [5.74, 6) is 0. The van der Waals surface area contributed by atoms with Crippen LogP contribution in [0.1, 0.15) is 17.5 Å². The van der Waals surface area contributed by atoms with E-state index in [2.05, 4.69) is 51.6 Å². The van der Waals surface area contributed by atoms with Crippen molar-refractivity contribution in [2.75, 3.05) is 26.7 Å². The van der Waals surface area contributed by atoms with Crippen molar-refractivity contribution >= 4 is 16.9 Å². The van der Waals surface area contributed by atoms with Gasteiger partial charge in [-0.15, -0.1) is 0 Å². The average Bonchev–Trinajstić information content (AvgIpc) is 3.32. The topological polar surface area (TPSA) is 64.3 Å². The number of carbonyl (C=O) groups is 1. The van der Waals surface area contributed by atoms with Crippen molar-refractivity contribution in [3.63, 3.8) is 0 Å². The van der Waals surface area contributed by atoms with Gasteiger partial charge < -0.3 is 20.1 Å². The van der Waals surface area contributed by atoms with Gasteiger partial charge in [0.2, 0.25) is 0 Å². The molecule has 0 spiro atoms. The number of H-pyrrole nitrogens is 1. The smallest absolute Gasteiger partial charge is 0.317 e. The Balaban J connectivity index is 1.46. The Labute approximate surface area is 165 Å². The molecule has 0 bridgehead atoms. The van der Waals surface area contributed by atoms with Crippen molar-refractivity contribution in [2.24, 2.45) is 0 Å². The number of nitrogens with one attached hydrogen (secondary N) is 2. The fourth-order valence-corrected chi connectivity index (χ4v) is 3.88. The molecule has 6 nitrogen and oxygen atoms in total. The maximum Gasteiger partial charge on any atom is 0.317 e. The van der Waals surface area contributed by atoms with Crippen LogP contribution in [0.3, 0.4) is 0 Å². The van der Waals surface area contributed by atoms with E-state index in [4.69, 9.17) is 0 Å². The number of aromatic amines is 1. The van der Waals surface area contributed by atoms with Crippen LogP contribution in [0.2, 0.25) is 0 Å². The van der Waals surface area contributed by atoms with E-state index < -0.39 is 0 Å². The maximum atomic E-state index is 13.0. The summed E-state index contributed by atoms with van der Waals surface area (Å²) < 4.78 is 0. The minimum Gasteiger partial charge on any atom is -0.361 e. The van der Waals surface area contributed by atoms with Gasteiger partial charge in [0, 0.05) is 55.2 Å². The fourth-order valence-electron chi connectivity index (χ4n) is 3.88. The third-order valence-electron chi connectivity index (χ3n) is 5.43. The summed E-state index contributed by atoms with van der Waals surface area (Å²) in [4.78, 5) is 24.7. The van der Waals surface area contributed by atoms with E-state index in [1.807, 2.05) is 29.3 Å². The second kappa shape index (κ2) is 8.44. The van der Waals surface area contributed by atoms with Crippen molar-refractivity contribution in [1.29, 1.82) is 0 Å². The maximum absolute atomic E-state index is 13.0. The molecule has 1 fully saturated rings. The summed E-state index contributed by atoms with van der Waals surface area (Å²) in [7, 11) is 2.09. The number of fused-ring (bicyclic) bond motifs is 1. The molecule has 3 aromatic rings. The van der Waals surface area contributed by atoms with Crippen molar-refractivity contribution in [3.8, 4) is 0 Å². The molecule has 1 aromatic carbocycles. The summed E-state index contributed by atoms with van der Waals surface area (Å²) >= 11 is 0. The molecule has 1 atom stereocenters. The van der Waals surface area contributed by atoms with E-state index in [0.717, 1.165) is 37.0 Å². The van der Waals surface area contributed by atoms with Crippen LogP contribution in [0, 0.1) is 0 Å². The number of likely N-dealkylation sites (N-methyl/N-ethyl adjacent to an activating group) is 1. The van der Waals surface area contributed by atoms with Gasteiger partial charge in [-0.1, -0.05) is 24.3 Å². The zero-order chi connectivity index (χ0) is 19.3. The number of pyridine rings is 1. The van der Waals surface area contributed by atoms with Crippen LogP contribution in [-0.4, -0.2) is 58.5 Å². The Kier molecular flexibility index (Phi) is 5.58. The number of aromatic nitrogens is 2. The van der Waals surface area contributed by atoms with Gasteiger partial charge in [0.1, 0.15) is 0 Å². The molecule has 0 saturated carbocycles. The van der Waals surface area contributed by atoms with Gasteiger partial charge in [0.25, 0.3) is 0 Å². The zero-order valence-electron chi connectivity index (χ0n) is 16.3. The Hall–Kier alpha value is -2.86. The molecule has 1 aliphatic rings. The molecule has 0 radical (unpaired) electrons. The summed E-state index contributed by atoms with van der Waals surface area (Å²) in [6.45, 7) is 3.16. The highest BCUT2D eigenvalue weighted by Gasteiger charge is 2.24. The monoisotopic (exact) mass is 377 g/mol. The number of benzene rings is 1. The largest absolute Gasteiger partial charge is 0.361 e. The van der Waals surface area contributed by atoms with Gasteiger partial charge in [-0.05, 0) is 49.7 Å². The molecule has 1 aliphatic heterocycles. The predicted octanol–water partition coefficient (Wildman–Crippen LogP) is 3.02. The van der Waals surface area contributed by atoms with Crippen LogP contribution in [0.15, 0.2) is 55.0 Å². The number of carbonyl (C=O) groups excluding carboxylic acids is 1. The van der Waals surface area contributed by atoms with E-state index in [1.54, 1.807) is 6.20 Å². The van der Waals surface area contributed by atoms with Gasteiger partial charge in [0.05, 0.1) is 0 Å². The van der Waals surface area contributed by atoms with Crippen LogP contribution in [0.4, 0.5) is 4.79 Å². The highest BCUT2D eigenvalue weighted by Crippen LogP contribution is 2.19. The lowest BCUT2D eigenvalue weighted by molar-refractivity contribution is 0.191. The van der Waals surface area contributed by atoms with Crippen molar-refractivity contribution < 1.29 is 4.79 Å². The molecule has 3 heterocycles. The number of nitrogens with zero attached hydrogens (tertiary/aromatic N) is 3. The highest BCUT2D eigenvalue weighted by atomic mass is 16.2. The SMILES string of the molecule is CN1CC[C@H](NC(=O)N(CCc2c[nH]c3ccccc23)Cc2cccnc2)C1. The van der Waals surface area contributed by atoms with Gasteiger partial charge in [-0.25, -0.2) is 4.79 Å². The predicted molar refractivity (Wildman–Crippen MR) is 111 cm³/mol. The first-order valence-electron chi connectivity index (χ1n) is 9.87. The molecule has 0 aliphatic carbocycles. The van der Waals surface area contributed by atoms with Crippen molar-refractivity contribution in [3.05, 3.63) is 66.1 Å². The van der Waals surface area contributed by atoms with E-state index in [0.29, 0.717) is 13.1 Å². The molecule has 2 N–H and O–H groups in total. The first-order valence-corrected chi connectivity index (χ1v) is 9.87. The van der Waals surface area contributed by atoms with Gasteiger partial charge in [0.15, 0.2) is 0 Å². The normalized spacial score (nSPS) is 17.1. The summed E-state index contributed by atoms with van der Waals surface area (Å²) in [6.07, 6.45) is 7.45. The summed E-state index contributed by atoms with van der Waals surface area (Å²) in [6, 6.07) is 12.4. The summed E-state index contributed by atoms with van der Waals surface area (Å²) in [5.41, 5.74) is 3.41. The summed E-state index contributed by atoms with van der Waals surface area (Å²) in [5, 5.41) is 4.44. The van der Waals surface area contributed by atoms with Crippen LogP contribution < -0.4 is 5.32 Å². The third kappa shape index (κ3) is 4.34. The van der Waals surface area contributed by atoms with Crippen LogP contribution in [0.25, 0.3) is 10.9 Å². The molecule has 4 rings (SSSR count). The molecule has 0 unspecified atom stereocenters. The van der Waals surface area contributed by atoms with Gasteiger partial charge >= 0.3 is 6.03 Å². The Bertz CT molecular complexity index is 923.